The van der Waals surface area contributed by atoms with E-state index in [0.717, 1.165) is 26.1 Å². The van der Waals surface area contributed by atoms with Crippen molar-refractivity contribution in [2.75, 3.05) is 19.6 Å². The minimum atomic E-state index is -0.681. The first-order chi connectivity index (χ1) is 7.17. The third kappa shape index (κ3) is 3.60. The summed E-state index contributed by atoms with van der Waals surface area (Å²) in [7, 11) is 0. The molecule has 1 N–H and O–H groups in total. The van der Waals surface area contributed by atoms with Crippen molar-refractivity contribution in [2.24, 2.45) is 0 Å². The molecule has 0 aliphatic carbocycles. The minimum absolute atomic E-state index is 0.296. The first-order valence-corrected chi connectivity index (χ1v) is 5.40. The molecule has 1 heterocycles. The number of aromatic nitrogens is 2. The van der Waals surface area contributed by atoms with Crippen LogP contribution in [0.5, 0.6) is 0 Å². The number of likely N-dealkylation sites (N-methyl/N-ethyl adjacent to an activating group) is 1. The second-order valence-corrected chi connectivity index (χ2v) is 3.50. The van der Waals surface area contributed by atoms with Gasteiger partial charge < -0.3 is 14.5 Å². The van der Waals surface area contributed by atoms with Crippen LogP contribution >= 0.6 is 0 Å². The number of aliphatic hydroxyl groups excluding tert-OH is 1. The van der Waals surface area contributed by atoms with Gasteiger partial charge in [0.15, 0.2) is 5.82 Å². The zero-order chi connectivity index (χ0) is 11.3. The van der Waals surface area contributed by atoms with E-state index in [0.29, 0.717) is 11.7 Å². The second-order valence-electron chi connectivity index (χ2n) is 3.50. The molecule has 0 amide bonds. The third-order valence-electron chi connectivity index (χ3n) is 2.39. The summed E-state index contributed by atoms with van der Waals surface area (Å²) in [5.41, 5.74) is 0. The van der Waals surface area contributed by atoms with Gasteiger partial charge in [0.1, 0.15) is 6.10 Å². The predicted molar refractivity (Wildman–Crippen MR) is 56.4 cm³/mol. The van der Waals surface area contributed by atoms with Gasteiger partial charge in [-0.3, -0.25) is 0 Å². The van der Waals surface area contributed by atoms with Gasteiger partial charge in [-0.2, -0.15) is 4.98 Å². The Labute approximate surface area is 90.1 Å². The Hall–Kier alpha value is -0.940. The highest BCUT2D eigenvalue weighted by Gasteiger charge is 2.11. The van der Waals surface area contributed by atoms with Crippen LogP contribution in [0.2, 0.25) is 0 Å². The molecule has 0 bridgehead atoms. The predicted octanol–water partition coefficient (Wildman–Crippen LogP) is 1.01. The number of nitrogens with zero attached hydrogens (tertiary/aromatic N) is 3. The van der Waals surface area contributed by atoms with Gasteiger partial charge in [0.05, 0.1) is 0 Å². The maximum atomic E-state index is 9.20. The van der Waals surface area contributed by atoms with E-state index in [1.165, 1.54) is 0 Å². The van der Waals surface area contributed by atoms with Crippen molar-refractivity contribution < 1.29 is 9.63 Å². The molecule has 86 valence electrons. The minimum Gasteiger partial charge on any atom is -0.384 e. The molecule has 0 unspecified atom stereocenters. The van der Waals surface area contributed by atoms with Gasteiger partial charge >= 0.3 is 0 Å². The summed E-state index contributed by atoms with van der Waals surface area (Å²) in [4.78, 5) is 6.39. The van der Waals surface area contributed by atoms with Crippen LogP contribution in [0, 0.1) is 0 Å². The maximum Gasteiger partial charge on any atom is 0.255 e. The van der Waals surface area contributed by atoms with Crippen LogP contribution in [0.3, 0.4) is 0 Å². The van der Waals surface area contributed by atoms with Gasteiger partial charge in [-0.1, -0.05) is 19.0 Å². The molecule has 5 nitrogen and oxygen atoms in total. The fraction of sp³-hybridized carbons (Fsp3) is 0.800. The number of hydrogen-bond donors (Lipinski definition) is 1. The zero-order valence-electron chi connectivity index (χ0n) is 9.60. The summed E-state index contributed by atoms with van der Waals surface area (Å²) in [5.74, 6) is 0.961. The van der Waals surface area contributed by atoms with E-state index in [4.69, 9.17) is 4.52 Å². The molecular formula is C10H19N3O2. The van der Waals surface area contributed by atoms with E-state index < -0.39 is 6.10 Å². The molecule has 0 spiro atoms. The van der Waals surface area contributed by atoms with E-state index in [-0.39, 0.29) is 0 Å². The SMILES string of the molecule is CCN(CC)CCc1noc([C@H](C)O)n1. The molecular weight excluding hydrogens is 194 g/mol. The molecule has 0 fully saturated rings. The van der Waals surface area contributed by atoms with Crippen molar-refractivity contribution in [1.29, 1.82) is 0 Å². The summed E-state index contributed by atoms with van der Waals surface area (Å²) in [6, 6.07) is 0. The highest BCUT2D eigenvalue weighted by Crippen LogP contribution is 2.08. The van der Waals surface area contributed by atoms with E-state index >= 15 is 0 Å². The molecule has 5 heteroatoms. The van der Waals surface area contributed by atoms with Crippen LogP contribution in [0.15, 0.2) is 4.52 Å². The fourth-order valence-electron chi connectivity index (χ4n) is 1.34. The molecule has 15 heavy (non-hydrogen) atoms. The Bertz CT molecular complexity index is 282. The fourth-order valence-corrected chi connectivity index (χ4v) is 1.34. The van der Waals surface area contributed by atoms with Gasteiger partial charge in [0, 0.05) is 13.0 Å². The topological polar surface area (TPSA) is 62.4 Å². The Morgan fingerprint density at radius 1 is 1.40 bits per heavy atom. The van der Waals surface area contributed by atoms with E-state index in [2.05, 4.69) is 28.9 Å². The smallest absolute Gasteiger partial charge is 0.255 e. The van der Waals surface area contributed by atoms with Crippen molar-refractivity contribution >= 4 is 0 Å². The Morgan fingerprint density at radius 3 is 2.53 bits per heavy atom. The quantitative estimate of drug-likeness (QED) is 0.764. The van der Waals surface area contributed by atoms with Crippen LogP contribution in [0.4, 0.5) is 0 Å². The van der Waals surface area contributed by atoms with E-state index in [9.17, 15) is 5.11 Å². The van der Waals surface area contributed by atoms with Crippen LogP contribution in [0.1, 0.15) is 38.6 Å². The van der Waals surface area contributed by atoms with Gasteiger partial charge in [-0.15, -0.1) is 0 Å². The molecule has 0 saturated carbocycles. The van der Waals surface area contributed by atoms with Gasteiger partial charge in [-0.25, -0.2) is 0 Å². The summed E-state index contributed by atoms with van der Waals surface area (Å²) in [6.45, 7) is 8.84. The van der Waals surface area contributed by atoms with Crippen LogP contribution in [-0.4, -0.2) is 39.8 Å². The highest BCUT2D eigenvalue weighted by molar-refractivity contribution is 4.89. The lowest BCUT2D eigenvalue weighted by atomic mass is 10.3. The molecule has 1 aromatic rings. The summed E-state index contributed by atoms with van der Waals surface area (Å²) < 4.78 is 4.90. The molecule has 0 radical (unpaired) electrons. The molecule has 0 aliphatic heterocycles. The average Bonchev–Trinajstić information content (AvgIpc) is 2.68. The maximum absolute atomic E-state index is 9.20. The first-order valence-electron chi connectivity index (χ1n) is 5.40. The lowest BCUT2D eigenvalue weighted by molar-refractivity contribution is 0.151. The van der Waals surface area contributed by atoms with Gasteiger partial charge in [0.25, 0.3) is 5.89 Å². The van der Waals surface area contributed by atoms with E-state index in [1.807, 2.05) is 0 Å². The van der Waals surface area contributed by atoms with Crippen molar-refractivity contribution in [3.8, 4) is 0 Å². The largest absolute Gasteiger partial charge is 0.384 e. The molecule has 0 aliphatic rings. The number of rotatable bonds is 6. The van der Waals surface area contributed by atoms with Crippen molar-refractivity contribution in [3.05, 3.63) is 11.7 Å². The standard InChI is InChI=1S/C10H19N3O2/c1-4-13(5-2)7-6-9-11-10(8(3)14)15-12-9/h8,14H,4-7H2,1-3H3/t8-/m0/s1. The van der Waals surface area contributed by atoms with Gasteiger partial charge in [0.2, 0.25) is 0 Å². The zero-order valence-corrected chi connectivity index (χ0v) is 9.60. The molecule has 0 saturated heterocycles. The lowest BCUT2D eigenvalue weighted by Crippen LogP contribution is -2.25. The normalized spacial score (nSPS) is 13.4. The Balaban J connectivity index is 2.43. The van der Waals surface area contributed by atoms with Crippen LogP contribution < -0.4 is 0 Å². The average molecular weight is 213 g/mol. The first kappa shape index (κ1) is 12.1. The summed E-state index contributed by atoms with van der Waals surface area (Å²) in [6.07, 6.45) is 0.0810. The highest BCUT2D eigenvalue weighted by atomic mass is 16.5. The van der Waals surface area contributed by atoms with Crippen LogP contribution in [-0.2, 0) is 6.42 Å². The second kappa shape index (κ2) is 5.82. The van der Waals surface area contributed by atoms with Gasteiger partial charge in [-0.05, 0) is 20.0 Å². The molecule has 0 aromatic carbocycles. The molecule has 1 rings (SSSR count). The molecule has 1 atom stereocenters. The number of hydrogen-bond acceptors (Lipinski definition) is 5. The summed E-state index contributed by atoms with van der Waals surface area (Å²) in [5, 5.41) is 13.0. The molecule has 1 aromatic heterocycles. The van der Waals surface area contributed by atoms with Crippen molar-refractivity contribution in [3.63, 3.8) is 0 Å². The third-order valence-corrected chi connectivity index (χ3v) is 2.39. The monoisotopic (exact) mass is 213 g/mol. The lowest BCUT2D eigenvalue weighted by Gasteiger charge is -2.16. The van der Waals surface area contributed by atoms with Crippen LogP contribution in [0.25, 0.3) is 0 Å². The number of aliphatic hydroxyl groups is 1. The van der Waals surface area contributed by atoms with E-state index in [1.54, 1.807) is 6.92 Å². The van der Waals surface area contributed by atoms with Crippen molar-refractivity contribution in [2.45, 2.75) is 33.3 Å². The van der Waals surface area contributed by atoms with Crippen molar-refractivity contribution in [1.82, 2.24) is 15.0 Å². The Morgan fingerprint density at radius 2 is 2.07 bits per heavy atom. The Kier molecular flexibility index (Phi) is 4.71. The summed E-state index contributed by atoms with van der Waals surface area (Å²) >= 11 is 0.